The van der Waals surface area contributed by atoms with Crippen molar-refractivity contribution in [2.45, 2.75) is 25.4 Å². The van der Waals surface area contributed by atoms with Crippen molar-refractivity contribution < 1.29 is 13.2 Å². The first-order chi connectivity index (χ1) is 9.49. The molecule has 0 aromatic carbocycles. The lowest BCUT2D eigenvalue weighted by molar-refractivity contribution is -0.141. The smallest absolute Gasteiger partial charge is 0.356 e. The van der Waals surface area contributed by atoms with Gasteiger partial charge in [0, 0.05) is 25.0 Å². The van der Waals surface area contributed by atoms with Crippen molar-refractivity contribution in [1.82, 2.24) is 10.3 Å². The molecule has 1 aromatic rings. The highest BCUT2D eigenvalue weighted by Crippen LogP contribution is 2.37. The maximum absolute atomic E-state index is 12.7. The van der Waals surface area contributed by atoms with Crippen LogP contribution in [-0.4, -0.2) is 31.2 Å². The van der Waals surface area contributed by atoms with E-state index in [4.69, 9.17) is 0 Å². The molecule has 0 aliphatic carbocycles. The van der Waals surface area contributed by atoms with E-state index in [0.29, 0.717) is 5.82 Å². The Balaban J connectivity index is 0.00000161. The number of piperidine rings is 1. The molecule has 0 radical (unpaired) electrons. The number of nitrogens with zero attached hydrogens (tertiary/aromatic N) is 2. The van der Waals surface area contributed by atoms with Crippen LogP contribution in [0, 0.1) is 5.41 Å². The molecule has 3 rings (SSSR count). The summed E-state index contributed by atoms with van der Waals surface area (Å²) in [6.07, 6.45) is -1.12. The Kier molecular flexibility index (Phi) is 4.68. The highest BCUT2D eigenvalue weighted by molar-refractivity contribution is 5.85. The van der Waals surface area contributed by atoms with E-state index < -0.39 is 11.9 Å². The van der Waals surface area contributed by atoms with Crippen LogP contribution in [0.25, 0.3) is 0 Å². The van der Waals surface area contributed by atoms with Crippen LogP contribution in [0.15, 0.2) is 18.2 Å². The van der Waals surface area contributed by atoms with Crippen LogP contribution in [0.4, 0.5) is 19.0 Å². The molecule has 1 N–H and O–H groups in total. The Morgan fingerprint density at radius 3 is 2.71 bits per heavy atom. The molecule has 0 saturated carbocycles. The molecule has 0 amide bonds. The second-order valence-corrected chi connectivity index (χ2v) is 5.83. The van der Waals surface area contributed by atoms with Crippen LogP contribution in [0.2, 0.25) is 0 Å². The number of rotatable bonds is 1. The second kappa shape index (κ2) is 6.01. The summed E-state index contributed by atoms with van der Waals surface area (Å²) in [5, 5.41) is 3.36. The van der Waals surface area contributed by atoms with Crippen molar-refractivity contribution in [3.8, 4) is 0 Å². The molecule has 118 valence electrons. The van der Waals surface area contributed by atoms with Crippen LogP contribution >= 0.6 is 12.4 Å². The Bertz CT molecular complexity index is 487. The van der Waals surface area contributed by atoms with Gasteiger partial charge in [0.05, 0.1) is 0 Å². The summed E-state index contributed by atoms with van der Waals surface area (Å²) in [4.78, 5) is 5.81. The van der Waals surface area contributed by atoms with Gasteiger partial charge in [-0.1, -0.05) is 6.07 Å². The highest BCUT2D eigenvalue weighted by atomic mass is 35.5. The third kappa shape index (κ3) is 3.43. The Morgan fingerprint density at radius 2 is 2.05 bits per heavy atom. The van der Waals surface area contributed by atoms with Crippen LogP contribution < -0.4 is 10.2 Å². The van der Waals surface area contributed by atoms with Crippen LogP contribution in [0.3, 0.4) is 0 Å². The lowest BCUT2D eigenvalue weighted by Gasteiger charge is -2.40. The number of nitrogens with one attached hydrogen (secondary N) is 1. The van der Waals surface area contributed by atoms with E-state index in [2.05, 4.69) is 10.3 Å². The zero-order valence-corrected chi connectivity index (χ0v) is 12.4. The molecule has 2 fully saturated rings. The maximum Gasteiger partial charge on any atom is 0.433 e. The Hall–Kier alpha value is -1.01. The summed E-state index contributed by atoms with van der Waals surface area (Å²) in [6, 6.07) is 4.15. The fourth-order valence-corrected chi connectivity index (χ4v) is 3.30. The molecule has 21 heavy (non-hydrogen) atoms. The molecule has 3 nitrogen and oxygen atoms in total. The van der Waals surface area contributed by atoms with E-state index in [1.54, 1.807) is 6.07 Å². The topological polar surface area (TPSA) is 28.2 Å². The average Bonchev–Trinajstić information content (AvgIpc) is 2.86. The van der Waals surface area contributed by atoms with Gasteiger partial charge in [0.25, 0.3) is 0 Å². The van der Waals surface area contributed by atoms with Gasteiger partial charge in [-0.05, 0) is 37.9 Å². The maximum atomic E-state index is 12.7. The molecule has 1 aromatic heterocycles. The first kappa shape index (κ1) is 16.4. The van der Waals surface area contributed by atoms with Crippen molar-refractivity contribution in [2.24, 2.45) is 5.41 Å². The summed E-state index contributed by atoms with van der Waals surface area (Å²) in [7, 11) is 0. The minimum atomic E-state index is -4.38. The minimum Gasteiger partial charge on any atom is -0.356 e. The number of alkyl halides is 3. The van der Waals surface area contributed by atoms with Crippen molar-refractivity contribution in [2.75, 3.05) is 31.1 Å². The van der Waals surface area contributed by atoms with E-state index in [-0.39, 0.29) is 17.8 Å². The molecule has 1 atom stereocenters. The van der Waals surface area contributed by atoms with Crippen molar-refractivity contribution in [1.29, 1.82) is 0 Å². The number of anilines is 1. The standard InChI is InChI=1S/C14H18F3N3.ClH/c15-14(16,17)11-3-1-4-12(19-11)20-8-2-5-13(10-20)6-7-18-9-13;/h1,3-4,18H,2,5-10H2;1H. The van der Waals surface area contributed by atoms with E-state index in [0.717, 1.165) is 51.5 Å². The van der Waals surface area contributed by atoms with Gasteiger partial charge in [0.15, 0.2) is 0 Å². The lowest BCUT2D eigenvalue weighted by Crippen LogP contribution is -2.45. The van der Waals surface area contributed by atoms with Gasteiger partial charge in [0.1, 0.15) is 11.5 Å². The van der Waals surface area contributed by atoms with Gasteiger partial charge in [0.2, 0.25) is 0 Å². The zero-order chi connectivity index (χ0) is 14.2. The predicted molar refractivity (Wildman–Crippen MR) is 77.9 cm³/mol. The number of hydrogen-bond donors (Lipinski definition) is 1. The number of pyridine rings is 1. The normalized spacial score (nSPS) is 26.0. The molecular weight excluding hydrogens is 303 g/mol. The number of hydrogen-bond acceptors (Lipinski definition) is 3. The Labute approximate surface area is 128 Å². The van der Waals surface area contributed by atoms with Crippen molar-refractivity contribution in [3.63, 3.8) is 0 Å². The molecular formula is C14H19ClF3N3. The van der Waals surface area contributed by atoms with Gasteiger partial charge >= 0.3 is 6.18 Å². The second-order valence-electron chi connectivity index (χ2n) is 5.83. The van der Waals surface area contributed by atoms with Gasteiger partial charge < -0.3 is 10.2 Å². The number of aromatic nitrogens is 1. The fourth-order valence-electron chi connectivity index (χ4n) is 3.30. The van der Waals surface area contributed by atoms with Gasteiger partial charge in [-0.3, -0.25) is 0 Å². The summed E-state index contributed by atoms with van der Waals surface area (Å²) in [5.41, 5.74) is -0.590. The lowest BCUT2D eigenvalue weighted by atomic mass is 9.79. The SMILES string of the molecule is Cl.FC(F)(F)c1cccc(N2CCCC3(CCNC3)C2)n1. The van der Waals surface area contributed by atoms with Crippen molar-refractivity contribution in [3.05, 3.63) is 23.9 Å². The predicted octanol–water partition coefficient (Wildman–Crippen LogP) is 3.10. The Morgan fingerprint density at radius 1 is 1.24 bits per heavy atom. The number of halogens is 4. The molecule has 0 bridgehead atoms. The summed E-state index contributed by atoms with van der Waals surface area (Å²) >= 11 is 0. The van der Waals surface area contributed by atoms with Crippen molar-refractivity contribution >= 4 is 18.2 Å². The zero-order valence-electron chi connectivity index (χ0n) is 11.6. The summed E-state index contributed by atoms with van der Waals surface area (Å²) in [5.74, 6) is 0.450. The van der Waals surface area contributed by atoms with Crippen LogP contribution in [0.1, 0.15) is 25.0 Å². The molecule has 3 heterocycles. The van der Waals surface area contributed by atoms with Gasteiger partial charge in [-0.25, -0.2) is 4.98 Å². The van der Waals surface area contributed by atoms with Crippen LogP contribution in [-0.2, 0) is 6.18 Å². The van der Waals surface area contributed by atoms with Gasteiger partial charge in [-0.2, -0.15) is 13.2 Å². The summed E-state index contributed by atoms with van der Waals surface area (Å²) in [6.45, 7) is 3.55. The monoisotopic (exact) mass is 321 g/mol. The van der Waals surface area contributed by atoms with Gasteiger partial charge in [-0.15, -0.1) is 12.4 Å². The van der Waals surface area contributed by atoms with Crippen LogP contribution in [0.5, 0.6) is 0 Å². The minimum absolute atomic E-state index is 0. The van der Waals surface area contributed by atoms with E-state index in [1.165, 1.54) is 6.07 Å². The summed E-state index contributed by atoms with van der Waals surface area (Å²) < 4.78 is 38.2. The average molecular weight is 322 g/mol. The first-order valence-electron chi connectivity index (χ1n) is 6.99. The quantitative estimate of drug-likeness (QED) is 0.861. The third-order valence-corrected chi connectivity index (χ3v) is 4.34. The van der Waals surface area contributed by atoms with E-state index in [1.807, 2.05) is 4.90 Å². The first-order valence-corrected chi connectivity index (χ1v) is 6.99. The van der Waals surface area contributed by atoms with E-state index in [9.17, 15) is 13.2 Å². The third-order valence-electron chi connectivity index (χ3n) is 4.34. The fraction of sp³-hybridized carbons (Fsp3) is 0.643. The molecule has 2 aliphatic rings. The molecule has 2 saturated heterocycles. The van der Waals surface area contributed by atoms with E-state index >= 15 is 0 Å². The highest BCUT2D eigenvalue weighted by Gasteiger charge is 2.39. The molecule has 7 heteroatoms. The molecule has 2 aliphatic heterocycles. The molecule has 1 spiro atoms. The molecule has 1 unspecified atom stereocenters. The largest absolute Gasteiger partial charge is 0.433 e.